The van der Waals surface area contributed by atoms with Crippen LogP contribution in [0, 0.1) is 0 Å². The first-order valence-corrected chi connectivity index (χ1v) is 7.40. The van der Waals surface area contributed by atoms with Gasteiger partial charge < -0.3 is 20.5 Å². The zero-order chi connectivity index (χ0) is 14.2. The van der Waals surface area contributed by atoms with Crippen LogP contribution in [-0.2, 0) is 4.74 Å². The van der Waals surface area contributed by atoms with Crippen LogP contribution in [0.5, 0.6) is 5.88 Å². The van der Waals surface area contributed by atoms with Gasteiger partial charge in [-0.25, -0.2) is 4.98 Å². The van der Waals surface area contributed by atoms with Crippen molar-refractivity contribution in [2.24, 2.45) is 0 Å². The summed E-state index contributed by atoms with van der Waals surface area (Å²) in [6, 6.07) is 0. The second kappa shape index (κ2) is 7.89. The molecule has 1 aliphatic rings. The highest BCUT2D eigenvalue weighted by Crippen LogP contribution is 2.24. The minimum Gasteiger partial charge on any atom is -0.476 e. The first-order valence-electron chi connectivity index (χ1n) is 7.40. The van der Waals surface area contributed by atoms with Crippen LogP contribution in [0.3, 0.4) is 0 Å². The molecule has 0 bridgehead atoms. The van der Waals surface area contributed by atoms with E-state index in [4.69, 9.17) is 15.2 Å². The summed E-state index contributed by atoms with van der Waals surface area (Å²) in [7, 11) is 0. The number of aromatic nitrogens is 2. The molecule has 0 aromatic carbocycles. The Morgan fingerprint density at radius 2 is 2.10 bits per heavy atom. The number of nitrogen functional groups attached to an aromatic ring is 1. The number of rotatable bonds is 8. The molecule has 112 valence electrons. The minimum absolute atomic E-state index is 0.433. The highest BCUT2D eigenvalue weighted by atomic mass is 16.5. The Kier molecular flexibility index (Phi) is 5.86. The molecule has 0 unspecified atom stereocenters. The number of hydrogen-bond acceptors (Lipinski definition) is 6. The van der Waals surface area contributed by atoms with E-state index in [0.29, 0.717) is 43.2 Å². The number of hydrogen-bond donors (Lipinski definition) is 2. The Morgan fingerprint density at radius 1 is 1.30 bits per heavy atom. The van der Waals surface area contributed by atoms with Gasteiger partial charge in [-0.15, -0.1) is 0 Å². The molecule has 1 aromatic rings. The van der Waals surface area contributed by atoms with Crippen molar-refractivity contribution in [1.82, 2.24) is 9.97 Å². The van der Waals surface area contributed by atoms with Crippen molar-refractivity contribution in [1.29, 1.82) is 0 Å². The fourth-order valence-electron chi connectivity index (χ4n) is 2.28. The maximum atomic E-state index is 5.98. The molecular formula is C14H24N4O2. The Morgan fingerprint density at radius 3 is 2.85 bits per heavy atom. The molecule has 0 atom stereocenters. The topological polar surface area (TPSA) is 82.3 Å². The van der Waals surface area contributed by atoms with E-state index in [9.17, 15) is 0 Å². The summed E-state index contributed by atoms with van der Waals surface area (Å²) in [4.78, 5) is 8.17. The molecule has 1 fully saturated rings. The molecular weight excluding hydrogens is 256 g/mol. The predicted octanol–water partition coefficient (Wildman–Crippen LogP) is 2.22. The maximum Gasteiger partial charge on any atom is 0.242 e. The molecule has 0 spiro atoms. The molecule has 0 saturated heterocycles. The molecule has 1 aromatic heterocycles. The van der Waals surface area contributed by atoms with Crippen LogP contribution in [0.15, 0.2) is 6.33 Å². The summed E-state index contributed by atoms with van der Waals surface area (Å²) in [6.07, 6.45) is 7.76. The van der Waals surface area contributed by atoms with Crippen LogP contribution in [0.2, 0.25) is 0 Å². The smallest absolute Gasteiger partial charge is 0.242 e. The molecule has 0 radical (unpaired) electrons. The number of nitrogens with one attached hydrogen (secondary N) is 1. The van der Waals surface area contributed by atoms with E-state index in [1.165, 1.54) is 32.0 Å². The zero-order valence-electron chi connectivity index (χ0n) is 12.1. The Balaban J connectivity index is 1.76. The Labute approximate surface area is 120 Å². The van der Waals surface area contributed by atoms with Crippen molar-refractivity contribution in [3.05, 3.63) is 6.33 Å². The lowest BCUT2D eigenvalue weighted by molar-refractivity contribution is 0.0659. The largest absolute Gasteiger partial charge is 0.476 e. The molecule has 1 saturated carbocycles. The van der Waals surface area contributed by atoms with Crippen LogP contribution in [0.1, 0.15) is 39.0 Å². The van der Waals surface area contributed by atoms with Crippen LogP contribution in [-0.4, -0.2) is 35.8 Å². The normalized spacial score (nSPS) is 15.4. The quantitative estimate of drug-likeness (QED) is 0.710. The highest BCUT2D eigenvalue weighted by molar-refractivity contribution is 5.66. The summed E-state index contributed by atoms with van der Waals surface area (Å²) in [5.41, 5.74) is 6.44. The van der Waals surface area contributed by atoms with Gasteiger partial charge in [0.25, 0.3) is 0 Å². The number of ether oxygens (including phenoxy) is 2. The molecule has 0 aliphatic heterocycles. The number of nitrogens with zero attached hydrogens (tertiary/aromatic N) is 2. The highest BCUT2D eigenvalue weighted by Gasteiger charge is 2.15. The molecule has 0 amide bonds. The van der Waals surface area contributed by atoms with Crippen molar-refractivity contribution in [2.45, 2.75) is 45.1 Å². The van der Waals surface area contributed by atoms with Gasteiger partial charge >= 0.3 is 0 Å². The van der Waals surface area contributed by atoms with E-state index >= 15 is 0 Å². The molecule has 20 heavy (non-hydrogen) atoms. The van der Waals surface area contributed by atoms with E-state index in [1.54, 1.807) is 0 Å². The van der Waals surface area contributed by atoms with Crippen molar-refractivity contribution < 1.29 is 9.47 Å². The third-order valence-corrected chi connectivity index (χ3v) is 3.34. The van der Waals surface area contributed by atoms with Crippen LogP contribution >= 0.6 is 0 Å². The Hall–Kier alpha value is -1.56. The van der Waals surface area contributed by atoms with Crippen molar-refractivity contribution in [3.63, 3.8) is 0 Å². The summed E-state index contributed by atoms with van der Waals surface area (Å²) in [5, 5.41) is 3.17. The van der Waals surface area contributed by atoms with Gasteiger partial charge in [0.15, 0.2) is 5.82 Å². The minimum atomic E-state index is 0.433. The number of anilines is 2. The fraction of sp³-hybridized carbons (Fsp3) is 0.714. The standard InChI is InChI=1S/C14H24N4O2/c1-2-8-20-14-12(15)13(17-10-18-14)16-7-9-19-11-5-3-4-6-11/h10-11H,2-9,15H2,1H3,(H,16,17,18). The second-order valence-electron chi connectivity index (χ2n) is 4.99. The zero-order valence-corrected chi connectivity index (χ0v) is 12.1. The lowest BCUT2D eigenvalue weighted by Crippen LogP contribution is -2.17. The summed E-state index contributed by atoms with van der Waals surface area (Å²) in [5.74, 6) is 1.06. The van der Waals surface area contributed by atoms with Gasteiger partial charge in [-0.3, -0.25) is 0 Å². The molecule has 2 rings (SSSR count). The average Bonchev–Trinajstić information content (AvgIpc) is 2.97. The van der Waals surface area contributed by atoms with Gasteiger partial charge in [0, 0.05) is 6.54 Å². The summed E-state index contributed by atoms with van der Waals surface area (Å²) in [6.45, 7) is 3.99. The molecule has 6 nitrogen and oxygen atoms in total. The number of nitrogens with two attached hydrogens (primary N) is 1. The van der Waals surface area contributed by atoms with Crippen molar-refractivity contribution in [3.8, 4) is 5.88 Å². The summed E-state index contributed by atoms with van der Waals surface area (Å²) >= 11 is 0. The monoisotopic (exact) mass is 280 g/mol. The molecule has 1 aliphatic carbocycles. The molecule has 6 heteroatoms. The average molecular weight is 280 g/mol. The van der Waals surface area contributed by atoms with Crippen molar-refractivity contribution in [2.75, 3.05) is 30.8 Å². The lowest BCUT2D eigenvalue weighted by Gasteiger charge is -2.13. The van der Waals surface area contributed by atoms with E-state index in [1.807, 2.05) is 6.92 Å². The van der Waals surface area contributed by atoms with Gasteiger partial charge in [0.2, 0.25) is 5.88 Å². The predicted molar refractivity (Wildman–Crippen MR) is 78.9 cm³/mol. The third kappa shape index (κ3) is 4.23. The van der Waals surface area contributed by atoms with Crippen LogP contribution < -0.4 is 15.8 Å². The van der Waals surface area contributed by atoms with E-state index in [2.05, 4.69) is 15.3 Å². The SMILES string of the molecule is CCCOc1ncnc(NCCOC2CCCC2)c1N. The van der Waals surface area contributed by atoms with Gasteiger partial charge in [0.1, 0.15) is 12.0 Å². The van der Waals surface area contributed by atoms with E-state index in [0.717, 1.165) is 6.42 Å². The maximum absolute atomic E-state index is 5.98. The van der Waals surface area contributed by atoms with E-state index in [-0.39, 0.29) is 0 Å². The van der Waals surface area contributed by atoms with Crippen LogP contribution in [0.4, 0.5) is 11.5 Å². The first-order chi connectivity index (χ1) is 9.81. The molecule has 3 N–H and O–H groups in total. The third-order valence-electron chi connectivity index (χ3n) is 3.34. The van der Waals surface area contributed by atoms with Crippen molar-refractivity contribution >= 4 is 11.5 Å². The van der Waals surface area contributed by atoms with Gasteiger partial charge in [-0.1, -0.05) is 19.8 Å². The lowest BCUT2D eigenvalue weighted by atomic mass is 10.3. The second-order valence-corrected chi connectivity index (χ2v) is 4.99. The Bertz CT molecular complexity index is 408. The summed E-state index contributed by atoms with van der Waals surface area (Å²) < 4.78 is 11.2. The first kappa shape index (κ1) is 14.8. The molecule has 1 heterocycles. The fourth-order valence-corrected chi connectivity index (χ4v) is 2.28. The van der Waals surface area contributed by atoms with Gasteiger partial charge in [-0.2, -0.15) is 4.98 Å². The van der Waals surface area contributed by atoms with Gasteiger partial charge in [-0.05, 0) is 19.3 Å². The van der Waals surface area contributed by atoms with Gasteiger partial charge in [0.05, 0.1) is 19.3 Å². The van der Waals surface area contributed by atoms with Crippen LogP contribution in [0.25, 0.3) is 0 Å². The van der Waals surface area contributed by atoms with E-state index < -0.39 is 0 Å².